The summed E-state index contributed by atoms with van der Waals surface area (Å²) in [4.78, 5) is 19.2. The Bertz CT molecular complexity index is 1100. The van der Waals surface area contributed by atoms with Crippen molar-refractivity contribution in [3.05, 3.63) is 58.8 Å². The van der Waals surface area contributed by atoms with E-state index in [9.17, 15) is 4.79 Å². The van der Waals surface area contributed by atoms with Gasteiger partial charge in [0.15, 0.2) is 0 Å². The van der Waals surface area contributed by atoms with Gasteiger partial charge in [-0.15, -0.1) is 0 Å². The number of carbonyl (C=O) groups is 1. The zero-order chi connectivity index (χ0) is 18.4. The molecule has 2 N–H and O–H groups in total. The lowest BCUT2D eigenvalue weighted by molar-refractivity contribution is 0.102. The van der Waals surface area contributed by atoms with Crippen LogP contribution in [0.3, 0.4) is 0 Å². The minimum Gasteiger partial charge on any atom is -0.438 e. The Labute approximate surface area is 156 Å². The summed E-state index contributed by atoms with van der Waals surface area (Å²) in [5.41, 5.74) is 4.68. The number of aromatic nitrogens is 1. The van der Waals surface area contributed by atoms with Crippen LogP contribution in [0.5, 0.6) is 0 Å². The highest BCUT2D eigenvalue weighted by Gasteiger charge is 2.27. The first kappa shape index (κ1) is 16.1. The van der Waals surface area contributed by atoms with Crippen LogP contribution in [0.2, 0.25) is 0 Å². The third kappa shape index (κ3) is 2.68. The number of aryl methyl sites for hydroxylation is 2. The number of fused-ring (bicyclic) bond motifs is 2. The molecule has 2 aliphatic heterocycles. The fourth-order valence-corrected chi connectivity index (χ4v) is 4.25. The highest BCUT2D eigenvalue weighted by Crippen LogP contribution is 2.39. The minimum atomic E-state index is -0.377. The number of anilines is 2. The molecule has 2 aliphatic rings. The highest BCUT2D eigenvalue weighted by atomic mass is 16.3. The summed E-state index contributed by atoms with van der Waals surface area (Å²) in [7, 11) is 0. The molecule has 0 unspecified atom stereocenters. The number of carbonyl (C=O) groups excluding carboxylic acids is 1. The van der Waals surface area contributed by atoms with Gasteiger partial charge >= 0.3 is 0 Å². The Kier molecular flexibility index (Phi) is 3.70. The Balaban J connectivity index is 1.62. The van der Waals surface area contributed by atoms with Crippen molar-refractivity contribution in [2.75, 3.05) is 23.3 Å². The van der Waals surface area contributed by atoms with Crippen molar-refractivity contribution in [2.45, 2.75) is 25.7 Å². The van der Waals surface area contributed by atoms with Crippen LogP contribution in [0.25, 0.3) is 11.0 Å². The number of nitrogens with one attached hydrogen (secondary N) is 2. The summed E-state index contributed by atoms with van der Waals surface area (Å²) < 4.78 is 5.88. The maximum atomic E-state index is 12.6. The molecule has 0 saturated heterocycles. The van der Waals surface area contributed by atoms with Crippen LogP contribution in [-0.4, -0.2) is 24.0 Å². The molecule has 0 spiro atoms. The van der Waals surface area contributed by atoms with E-state index in [1.807, 2.05) is 0 Å². The summed E-state index contributed by atoms with van der Waals surface area (Å²) in [6, 6.07) is 9.22. The summed E-state index contributed by atoms with van der Waals surface area (Å²) in [6.07, 6.45) is 5.87. The second-order valence-corrected chi connectivity index (χ2v) is 7.13. The Morgan fingerprint density at radius 3 is 2.85 bits per heavy atom. The van der Waals surface area contributed by atoms with Crippen LogP contribution >= 0.6 is 0 Å². The molecule has 1 aromatic carbocycles. The van der Waals surface area contributed by atoms with Gasteiger partial charge in [0.1, 0.15) is 17.0 Å². The molecule has 3 aromatic rings. The SMILES string of the molecule is N=c1oc2c3c4c(cc2cc1C(=O)Nc1ccccn1)CCCN4CCC3. The molecule has 2 aromatic heterocycles. The smallest absolute Gasteiger partial charge is 0.262 e. The molecular weight excluding hydrogens is 340 g/mol. The van der Waals surface area contributed by atoms with E-state index in [-0.39, 0.29) is 17.0 Å². The van der Waals surface area contributed by atoms with Gasteiger partial charge in [0.05, 0.1) is 0 Å². The Morgan fingerprint density at radius 1 is 1.19 bits per heavy atom. The third-order valence-electron chi connectivity index (χ3n) is 5.40. The van der Waals surface area contributed by atoms with Crippen molar-refractivity contribution in [1.82, 2.24) is 4.98 Å². The van der Waals surface area contributed by atoms with E-state index in [2.05, 4.69) is 21.3 Å². The topological polar surface area (TPSA) is 82.2 Å². The molecule has 0 aliphatic carbocycles. The molecule has 0 saturated carbocycles. The van der Waals surface area contributed by atoms with Crippen molar-refractivity contribution in [3.63, 3.8) is 0 Å². The highest BCUT2D eigenvalue weighted by molar-refractivity contribution is 6.05. The second-order valence-electron chi connectivity index (χ2n) is 7.13. The molecule has 136 valence electrons. The van der Waals surface area contributed by atoms with Crippen molar-refractivity contribution >= 4 is 28.4 Å². The van der Waals surface area contributed by atoms with E-state index in [1.165, 1.54) is 16.8 Å². The van der Waals surface area contributed by atoms with Gasteiger partial charge in [-0.25, -0.2) is 4.98 Å². The fourth-order valence-electron chi connectivity index (χ4n) is 4.25. The predicted octanol–water partition coefficient (Wildman–Crippen LogP) is 3.26. The molecule has 0 fully saturated rings. The van der Waals surface area contributed by atoms with Crippen LogP contribution in [0.1, 0.15) is 34.3 Å². The largest absolute Gasteiger partial charge is 0.438 e. The normalized spacial score (nSPS) is 15.5. The lowest BCUT2D eigenvalue weighted by Gasteiger charge is -2.37. The number of hydrogen-bond acceptors (Lipinski definition) is 5. The summed E-state index contributed by atoms with van der Waals surface area (Å²) in [6.45, 7) is 2.17. The van der Waals surface area contributed by atoms with Gasteiger partial charge in [0.25, 0.3) is 5.91 Å². The average Bonchev–Trinajstić information content (AvgIpc) is 2.69. The number of amides is 1. The van der Waals surface area contributed by atoms with Crippen LogP contribution in [0.4, 0.5) is 11.5 Å². The van der Waals surface area contributed by atoms with Gasteiger partial charge in [-0.2, -0.15) is 0 Å². The fraction of sp³-hybridized carbons (Fsp3) is 0.286. The first-order valence-electron chi connectivity index (χ1n) is 9.35. The number of hydrogen-bond donors (Lipinski definition) is 2. The number of nitrogens with zero attached hydrogens (tertiary/aromatic N) is 2. The Morgan fingerprint density at radius 2 is 2.04 bits per heavy atom. The van der Waals surface area contributed by atoms with E-state index in [4.69, 9.17) is 9.83 Å². The number of rotatable bonds is 2. The monoisotopic (exact) mass is 360 g/mol. The van der Waals surface area contributed by atoms with Crippen molar-refractivity contribution in [2.24, 2.45) is 0 Å². The van der Waals surface area contributed by atoms with Crippen molar-refractivity contribution in [1.29, 1.82) is 5.41 Å². The molecule has 0 bridgehead atoms. The molecule has 6 nitrogen and oxygen atoms in total. The zero-order valence-electron chi connectivity index (χ0n) is 14.9. The molecular formula is C21H20N4O2. The standard InChI is InChI=1S/C21H20N4O2/c22-20-16(21(26)24-17-7-1-2-8-23-17)12-14-11-13-5-3-9-25-10-4-6-15(18(13)25)19(14)27-20/h1-2,7-8,11-12,22H,3-6,9-10H2,(H,23,24,26). The third-order valence-corrected chi connectivity index (χ3v) is 5.40. The minimum absolute atomic E-state index is 0.111. The lowest BCUT2D eigenvalue weighted by atomic mass is 9.90. The second kappa shape index (κ2) is 6.23. The van der Waals surface area contributed by atoms with Gasteiger partial charge in [-0.1, -0.05) is 6.07 Å². The van der Waals surface area contributed by atoms with E-state index < -0.39 is 0 Å². The molecule has 1 amide bonds. The van der Waals surface area contributed by atoms with E-state index in [1.54, 1.807) is 30.5 Å². The van der Waals surface area contributed by atoms with Gasteiger partial charge < -0.3 is 14.6 Å². The van der Waals surface area contributed by atoms with Crippen molar-refractivity contribution < 1.29 is 9.21 Å². The van der Waals surface area contributed by atoms with E-state index in [0.29, 0.717) is 5.82 Å². The predicted molar refractivity (Wildman–Crippen MR) is 103 cm³/mol. The van der Waals surface area contributed by atoms with E-state index >= 15 is 0 Å². The first-order valence-corrected chi connectivity index (χ1v) is 9.35. The van der Waals surface area contributed by atoms with Crippen LogP contribution in [-0.2, 0) is 12.8 Å². The maximum Gasteiger partial charge on any atom is 0.262 e. The number of pyridine rings is 1. The molecule has 0 radical (unpaired) electrons. The zero-order valence-corrected chi connectivity index (χ0v) is 14.9. The lowest BCUT2D eigenvalue weighted by Crippen LogP contribution is -2.34. The summed E-state index contributed by atoms with van der Waals surface area (Å²) in [5.74, 6) is 0.0792. The van der Waals surface area contributed by atoms with Crippen LogP contribution in [0.15, 0.2) is 40.9 Å². The van der Waals surface area contributed by atoms with Crippen molar-refractivity contribution in [3.8, 4) is 0 Å². The first-order chi connectivity index (χ1) is 13.2. The summed E-state index contributed by atoms with van der Waals surface area (Å²) in [5, 5.41) is 11.9. The molecule has 4 heterocycles. The Hall–Kier alpha value is -3.15. The van der Waals surface area contributed by atoms with Gasteiger partial charge in [-0.3, -0.25) is 10.2 Å². The number of benzene rings is 1. The van der Waals surface area contributed by atoms with Gasteiger partial charge in [0, 0.05) is 35.9 Å². The van der Waals surface area contributed by atoms with Crippen LogP contribution < -0.4 is 15.8 Å². The van der Waals surface area contributed by atoms with Crippen LogP contribution in [0, 0.1) is 5.41 Å². The quantitative estimate of drug-likeness (QED) is 0.735. The van der Waals surface area contributed by atoms with E-state index in [0.717, 1.165) is 49.7 Å². The molecule has 27 heavy (non-hydrogen) atoms. The van der Waals surface area contributed by atoms with Gasteiger partial charge in [-0.05, 0) is 55.5 Å². The maximum absolute atomic E-state index is 12.6. The average molecular weight is 360 g/mol. The van der Waals surface area contributed by atoms with Gasteiger partial charge in [0.2, 0.25) is 5.55 Å². The molecule has 0 atom stereocenters. The molecule has 5 rings (SSSR count). The summed E-state index contributed by atoms with van der Waals surface area (Å²) >= 11 is 0. The molecule has 6 heteroatoms.